The minimum Gasteiger partial charge on any atom is -0.350 e. The Morgan fingerprint density at radius 2 is 1.95 bits per heavy atom. The number of hydrogen-bond acceptors (Lipinski definition) is 3. The van der Waals surface area contributed by atoms with E-state index in [9.17, 15) is 4.79 Å². The van der Waals surface area contributed by atoms with Gasteiger partial charge >= 0.3 is 0 Å². The van der Waals surface area contributed by atoms with Gasteiger partial charge in [-0.15, -0.1) is 11.8 Å². The van der Waals surface area contributed by atoms with E-state index in [1.54, 1.807) is 0 Å². The summed E-state index contributed by atoms with van der Waals surface area (Å²) in [5, 5.41) is 3.68. The van der Waals surface area contributed by atoms with Crippen LogP contribution in [-0.4, -0.2) is 17.2 Å². The van der Waals surface area contributed by atoms with Gasteiger partial charge in [0.05, 0.1) is 6.04 Å². The first-order valence-corrected chi connectivity index (χ1v) is 9.15. The van der Waals surface area contributed by atoms with E-state index in [0.29, 0.717) is 17.6 Å². The predicted molar refractivity (Wildman–Crippen MR) is 93.9 cm³/mol. The molecular weight excluding hydrogens is 292 g/mol. The highest BCUT2D eigenvalue weighted by molar-refractivity contribution is 7.99. The Kier molecular flexibility index (Phi) is 6.33. The predicted octanol–water partition coefficient (Wildman–Crippen LogP) is 3.88. The molecule has 0 radical (unpaired) electrons. The first-order valence-electron chi connectivity index (χ1n) is 8.27. The third kappa shape index (κ3) is 5.03. The lowest BCUT2D eigenvalue weighted by Crippen LogP contribution is -2.32. The number of rotatable bonds is 6. The topological polar surface area (TPSA) is 55.1 Å². The molecule has 0 heterocycles. The number of nitrogens with two attached hydrogens (primary N) is 1. The van der Waals surface area contributed by atoms with Crippen molar-refractivity contribution in [1.82, 2.24) is 5.32 Å². The summed E-state index contributed by atoms with van der Waals surface area (Å²) in [5.74, 6) is 0.479. The van der Waals surface area contributed by atoms with Crippen LogP contribution < -0.4 is 11.1 Å². The largest absolute Gasteiger partial charge is 0.350 e. The summed E-state index contributed by atoms with van der Waals surface area (Å²) in [6, 6.07) is 8.73. The molecule has 1 fully saturated rings. The summed E-state index contributed by atoms with van der Waals surface area (Å²) in [6.07, 6.45) is 3.86. The van der Waals surface area contributed by atoms with Gasteiger partial charge in [0, 0.05) is 22.6 Å². The lowest BCUT2D eigenvalue weighted by molar-refractivity contribution is -0.122. The Balaban J connectivity index is 1.85. The molecule has 1 aliphatic rings. The Morgan fingerprint density at radius 3 is 2.50 bits per heavy atom. The van der Waals surface area contributed by atoms with Gasteiger partial charge in [0.25, 0.3) is 0 Å². The van der Waals surface area contributed by atoms with Gasteiger partial charge in [0.1, 0.15) is 0 Å². The van der Waals surface area contributed by atoms with Gasteiger partial charge in [-0.05, 0) is 43.4 Å². The number of thioether (sulfide) groups is 1. The molecule has 0 aromatic heterocycles. The van der Waals surface area contributed by atoms with Crippen molar-refractivity contribution in [2.45, 2.75) is 68.7 Å². The average molecular weight is 321 g/mol. The minimum absolute atomic E-state index is 0.0447. The normalized spacial score (nSPS) is 22.8. The Labute approximate surface area is 138 Å². The standard InChI is InChI=1S/C18H28N2OS/c1-12(2)22-16-9-7-14(8-10-16)13(3)20-18(21)11-15-5-4-6-17(15)19/h7-10,12-13,15,17H,4-6,11,19H2,1-3H3,(H,20,21)/t13?,15-,17+/m0/s1. The molecular formula is C18H28N2OS. The molecule has 1 aromatic carbocycles. The molecule has 122 valence electrons. The summed E-state index contributed by atoms with van der Waals surface area (Å²) in [7, 11) is 0. The second kappa shape index (κ2) is 8.02. The van der Waals surface area contributed by atoms with Crippen molar-refractivity contribution < 1.29 is 4.79 Å². The Morgan fingerprint density at radius 1 is 1.27 bits per heavy atom. The van der Waals surface area contributed by atoms with Gasteiger partial charge in [-0.1, -0.05) is 32.4 Å². The summed E-state index contributed by atoms with van der Waals surface area (Å²) in [5.41, 5.74) is 7.19. The molecule has 3 nitrogen and oxygen atoms in total. The van der Waals surface area contributed by atoms with Crippen LogP contribution >= 0.6 is 11.8 Å². The van der Waals surface area contributed by atoms with Crippen LogP contribution in [0.3, 0.4) is 0 Å². The van der Waals surface area contributed by atoms with Gasteiger partial charge in [-0.2, -0.15) is 0 Å². The molecule has 3 atom stereocenters. The zero-order chi connectivity index (χ0) is 16.1. The highest BCUT2D eigenvalue weighted by atomic mass is 32.2. The van der Waals surface area contributed by atoms with Crippen LogP contribution in [-0.2, 0) is 4.79 Å². The first-order chi connectivity index (χ1) is 10.5. The van der Waals surface area contributed by atoms with E-state index in [2.05, 4.69) is 43.4 Å². The van der Waals surface area contributed by atoms with E-state index < -0.39 is 0 Å². The third-order valence-corrected chi connectivity index (χ3v) is 5.31. The van der Waals surface area contributed by atoms with Crippen molar-refractivity contribution in [3.8, 4) is 0 Å². The van der Waals surface area contributed by atoms with Gasteiger partial charge < -0.3 is 11.1 Å². The number of carbonyl (C=O) groups excluding carboxylic acids is 1. The van der Waals surface area contributed by atoms with Crippen LogP contribution in [0.25, 0.3) is 0 Å². The monoisotopic (exact) mass is 320 g/mol. The second-order valence-corrected chi connectivity index (χ2v) is 8.23. The maximum atomic E-state index is 12.2. The van der Waals surface area contributed by atoms with Crippen LogP contribution in [0.2, 0.25) is 0 Å². The smallest absolute Gasteiger partial charge is 0.220 e. The first kappa shape index (κ1) is 17.4. The molecule has 1 saturated carbocycles. The van der Waals surface area contributed by atoms with Crippen molar-refractivity contribution in [1.29, 1.82) is 0 Å². The maximum Gasteiger partial charge on any atom is 0.220 e. The maximum absolute atomic E-state index is 12.2. The molecule has 22 heavy (non-hydrogen) atoms. The lowest BCUT2D eigenvalue weighted by atomic mass is 9.99. The molecule has 3 N–H and O–H groups in total. The van der Waals surface area contributed by atoms with Crippen LogP contribution in [0, 0.1) is 5.92 Å². The van der Waals surface area contributed by atoms with Crippen molar-refractivity contribution in [3.05, 3.63) is 29.8 Å². The van der Waals surface area contributed by atoms with E-state index in [1.807, 2.05) is 18.7 Å². The number of hydrogen-bond donors (Lipinski definition) is 2. The van der Waals surface area contributed by atoms with Crippen molar-refractivity contribution in [2.75, 3.05) is 0 Å². The molecule has 0 saturated heterocycles. The number of amides is 1. The van der Waals surface area contributed by atoms with Gasteiger partial charge in [-0.25, -0.2) is 0 Å². The van der Waals surface area contributed by atoms with Crippen molar-refractivity contribution in [3.63, 3.8) is 0 Å². The van der Waals surface area contributed by atoms with E-state index in [0.717, 1.165) is 24.8 Å². The van der Waals surface area contributed by atoms with Gasteiger partial charge in [-0.3, -0.25) is 4.79 Å². The number of carbonyl (C=O) groups is 1. The fourth-order valence-electron chi connectivity index (χ4n) is 3.05. The summed E-state index contributed by atoms with van der Waals surface area (Å²) in [6.45, 7) is 6.42. The molecule has 0 spiro atoms. The fourth-order valence-corrected chi connectivity index (χ4v) is 3.89. The summed E-state index contributed by atoms with van der Waals surface area (Å²) < 4.78 is 0. The zero-order valence-electron chi connectivity index (χ0n) is 13.8. The summed E-state index contributed by atoms with van der Waals surface area (Å²) in [4.78, 5) is 13.4. The van der Waals surface area contributed by atoms with Crippen LogP contribution in [0.4, 0.5) is 0 Å². The van der Waals surface area contributed by atoms with Crippen molar-refractivity contribution >= 4 is 17.7 Å². The van der Waals surface area contributed by atoms with Crippen LogP contribution in [0.1, 0.15) is 58.1 Å². The minimum atomic E-state index is 0.0447. The van der Waals surface area contributed by atoms with E-state index >= 15 is 0 Å². The highest BCUT2D eigenvalue weighted by Gasteiger charge is 2.26. The number of benzene rings is 1. The van der Waals surface area contributed by atoms with E-state index in [1.165, 1.54) is 4.90 Å². The molecule has 1 amide bonds. The molecule has 4 heteroatoms. The summed E-state index contributed by atoms with van der Waals surface area (Å²) >= 11 is 1.85. The number of nitrogens with one attached hydrogen (secondary N) is 1. The van der Waals surface area contributed by atoms with E-state index in [-0.39, 0.29) is 18.0 Å². The van der Waals surface area contributed by atoms with Crippen LogP contribution in [0.5, 0.6) is 0 Å². The SMILES string of the molecule is CC(C)Sc1ccc(C(C)NC(=O)C[C@@H]2CCC[C@H]2N)cc1. The molecule has 0 aliphatic heterocycles. The molecule has 1 aromatic rings. The zero-order valence-corrected chi connectivity index (χ0v) is 14.7. The van der Waals surface area contributed by atoms with E-state index in [4.69, 9.17) is 5.73 Å². The molecule has 2 rings (SSSR count). The second-order valence-electron chi connectivity index (χ2n) is 6.58. The van der Waals surface area contributed by atoms with Gasteiger partial charge in [0.15, 0.2) is 0 Å². The Bertz CT molecular complexity index is 486. The quantitative estimate of drug-likeness (QED) is 0.782. The highest BCUT2D eigenvalue weighted by Crippen LogP contribution is 2.27. The van der Waals surface area contributed by atoms with Crippen molar-refractivity contribution in [2.24, 2.45) is 11.7 Å². The lowest BCUT2D eigenvalue weighted by Gasteiger charge is -2.18. The molecule has 0 bridgehead atoms. The van der Waals surface area contributed by atoms with Gasteiger partial charge in [0.2, 0.25) is 5.91 Å². The molecule has 1 aliphatic carbocycles. The molecule has 1 unspecified atom stereocenters. The third-order valence-electron chi connectivity index (χ3n) is 4.29. The van der Waals surface area contributed by atoms with Crippen LogP contribution in [0.15, 0.2) is 29.2 Å². The average Bonchev–Trinajstić information content (AvgIpc) is 2.84. The fraction of sp³-hybridized carbons (Fsp3) is 0.611. The Hall–Kier alpha value is -1.00.